The molecule has 0 aliphatic heterocycles. The number of nitrogens with zero attached hydrogens (tertiary/aromatic N) is 1. The van der Waals surface area contributed by atoms with Crippen molar-refractivity contribution in [2.45, 2.75) is 32.2 Å². The summed E-state index contributed by atoms with van der Waals surface area (Å²) in [6, 6.07) is -0.352. The molecule has 3 heteroatoms. The van der Waals surface area contributed by atoms with Crippen LogP contribution in [0, 0.1) is 5.92 Å². The number of hydrogen-bond donors (Lipinski definition) is 1. The van der Waals surface area contributed by atoms with Crippen molar-refractivity contribution in [2.24, 2.45) is 11.7 Å². The normalized spacial score (nSPS) is 19.9. The number of likely N-dealkylation sites (N-methyl/N-ethyl adjacent to an activating group) is 1. The summed E-state index contributed by atoms with van der Waals surface area (Å²) in [5.74, 6) is 0.791. The summed E-state index contributed by atoms with van der Waals surface area (Å²) >= 11 is 0. The van der Waals surface area contributed by atoms with Gasteiger partial charge in [-0.3, -0.25) is 4.79 Å². The van der Waals surface area contributed by atoms with Gasteiger partial charge in [0.25, 0.3) is 0 Å². The van der Waals surface area contributed by atoms with Crippen LogP contribution in [0.3, 0.4) is 0 Å². The zero-order valence-electron chi connectivity index (χ0n) is 7.92. The second-order valence-corrected chi connectivity index (χ2v) is 3.80. The lowest BCUT2D eigenvalue weighted by Gasteiger charge is -2.30. The van der Waals surface area contributed by atoms with E-state index in [4.69, 9.17) is 5.73 Å². The SMILES string of the molecule is C[C@H](N)C(=O)N(C)CC1CCC1. The van der Waals surface area contributed by atoms with E-state index < -0.39 is 0 Å². The Balaban J connectivity index is 2.26. The molecule has 0 bridgehead atoms. The second kappa shape index (κ2) is 3.90. The number of nitrogens with two attached hydrogens (primary N) is 1. The molecule has 1 saturated carbocycles. The fraction of sp³-hybridized carbons (Fsp3) is 0.889. The molecule has 0 aromatic carbocycles. The van der Waals surface area contributed by atoms with Gasteiger partial charge in [-0.15, -0.1) is 0 Å². The van der Waals surface area contributed by atoms with Gasteiger partial charge >= 0.3 is 0 Å². The van der Waals surface area contributed by atoms with Crippen molar-refractivity contribution in [1.82, 2.24) is 4.90 Å². The van der Waals surface area contributed by atoms with Crippen LogP contribution in [-0.4, -0.2) is 30.4 Å². The van der Waals surface area contributed by atoms with Crippen molar-refractivity contribution in [3.63, 3.8) is 0 Å². The van der Waals surface area contributed by atoms with Gasteiger partial charge < -0.3 is 10.6 Å². The maximum Gasteiger partial charge on any atom is 0.238 e. The first kappa shape index (κ1) is 9.52. The molecule has 0 radical (unpaired) electrons. The third kappa shape index (κ3) is 2.21. The van der Waals surface area contributed by atoms with Gasteiger partial charge in [-0.05, 0) is 25.7 Å². The molecule has 0 aromatic rings. The largest absolute Gasteiger partial charge is 0.344 e. The van der Waals surface area contributed by atoms with E-state index in [9.17, 15) is 4.79 Å². The van der Waals surface area contributed by atoms with Crippen LogP contribution in [0.15, 0.2) is 0 Å². The highest BCUT2D eigenvalue weighted by Gasteiger charge is 2.22. The van der Waals surface area contributed by atoms with E-state index in [1.807, 2.05) is 7.05 Å². The molecule has 1 aliphatic carbocycles. The third-order valence-corrected chi connectivity index (χ3v) is 2.52. The van der Waals surface area contributed by atoms with Gasteiger partial charge in [-0.25, -0.2) is 0 Å². The van der Waals surface area contributed by atoms with Crippen molar-refractivity contribution in [3.8, 4) is 0 Å². The minimum Gasteiger partial charge on any atom is -0.344 e. The summed E-state index contributed by atoms with van der Waals surface area (Å²) in [6.07, 6.45) is 3.87. The maximum absolute atomic E-state index is 11.3. The highest BCUT2D eigenvalue weighted by Crippen LogP contribution is 2.26. The number of rotatable bonds is 3. The van der Waals surface area contributed by atoms with Gasteiger partial charge in [-0.2, -0.15) is 0 Å². The second-order valence-electron chi connectivity index (χ2n) is 3.80. The summed E-state index contributed by atoms with van der Waals surface area (Å²) in [5.41, 5.74) is 5.48. The molecule has 70 valence electrons. The van der Waals surface area contributed by atoms with Gasteiger partial charge in [0, 0.05) is 13.6 Å². The molecule has 0 spiro atoms. The molecule has 2 N–H and O–H groups in total. The standard InChI is InChI=1S/C9H18N2O/c1-7(10)9(12)11(2)6-8-4-3-5-8/h7-8H,3-6,10H2,1-2H3/t7-/m0/s1. The monoisotopic (exact) mass is 170 g/mol. The van der Waals surface area contributed by atoms with Gasteiger partial charge in [0.05, 0.1) is 6.04 Å². The summed E-state index contributed by atoms with van der Waals surface area (Å²) in [5, 5.41) is 0. The quantitative estimate of drug-likeness (QED) is 0.674. The fourth-order valence-electron chi connectivity index (χ4n) is 1.50. The third-order valence-electron chi connectivity index (χ3n) is 2.52. The number of carbonyl (C=O) groups is 1. The smallest absolute Gasteiger partial charge is 0.238 e. The molecule has 1 fully saturated rings. The van der Waals surface area contributed by atoms with Crippen LogP contribution in [-0.2, 0) is 4.79 Å². The molecular formula is C9H18N2O. The molecule has 0 saturated heterocycles. The van der Waals surface area contributed by atoms with Gasteiger partial charge in [-0.1, -0.05) is 6.42 Å². The first-order chi connectivity index (χ1) is 5.61. The average molecular weight is 170 g/mol. The van der Waals surface area contributed by atoms with Crippen molar-refractivity contribution in [3.05, 3.63) is 0 Å². The lowest BCUT2D eigenvalue weighted by atomic mass is 9.85. The number of amides is 1. The van der Waals surface area contributed by atoms with Crippen molar-refractivity contribution >= 4 is 5.91 Å². The lowest BCUT2D eigenvalue weighted by Crippen LogP contribution is -2.42. The average Bonchev–Trinajstić information content (AvgIpc) is 1.94. The minimum absolute atomic E-state index is 0.0573. The molecule has 3 nitrogen and oxygen atoms in total. The van der Waals surface area contributed by atoms with Gasteiger partial charge in [0.15, 0.2) is 0 Å². The topological polar surface area (TPSA) is 46.3 Å². The Morgan fingerprint density at radius 3 is 2.58 bits per heavy atom. The predicted molar refractivity (Wildman–Crippen MR) is 48.6 cm³/mol. The predicted octanol–water partition coefficient (Wildman–Crippen LogP) is 0.592. The first-order valence-corrected chi connectivity index (χ1v) is 4.62. The number of hydrogen-bond acceptors (Lipinski definition) is 2. The van der Waals surface area contributed by atoms with Crippen LogP contribution >= 0.6 is 0 Å². The van der Waals surface area contributed by atoms with Crippen LogP contribution in [0.5, 0.6) is 0 Å². The van der Waals surface area contributed by atoms with E-state index in [-0.39, 0.29) is 11.9 Å². The van der Waals surface area contributed by atoms with E-state index in [0.717, 1.165) is 12.5 Å². The van der Waals surface area contributed by atoms with E-state index in [1.54, 1.807) is 11.8 Å². The molecule has 1 rings (SSSR count). The van der Waals surface area contributed by atoms with Crippen molar-refractivity contribution < 1.29 is 4.79 Å². The molecule has 1 aliphatic rings. The Labute approximate surface area is 73.9 Å². The molecule has 1 amide bonds. The van der Waals surface area contributed by atoms with E-state index >= 15 is 0 Å². The summed E-state index contributed by atoms with van der Waals surface area (Å²) < 4.78 is 0. The van der Waals surface area contributed by atoms with Crippen LogP contribution in [0.4, 0.5) is 0 Å². The van der Waals surface area contributed by atoms with E-state index in [1.165, 1.54) is 19.3 Å². The number of carbonyl (C=O) groups excluding carboxylic acids is 1. The molecular weight excluding hydrogens is 152 g/mol. The van der Waals surface area contributed by atoms with Crippen LogP contribution in [0.2, 0.25) is 0 Å². The Bertz CT molecular complexity index is 164. The summed E-state index contributed by atoms with van der Waals surface area (Å²) in [4.78, 5) is 13.1. The van der Waals surface area contributed by atoms with Crippen LogP contribution in [0.25, 0.3) is 0 Å². The Kier molecular flexibility index (Phi) is 3.09. The lowest BCUT2D eigenvalue weighted by molar-refractivity contribution is -0.131. The summed E-state index contributed by atoms with van der Waals surface area (Å²) in [7, 11) is 1.84. The van der Waals surface area contributed by atoms with Crippen LogP contribution in [0.1, 0.15) is 26.2 Å². The zero-order valence-corrected chi connectivity index (χ0v) is 7.92. The summed E-state index contributed by atoms with van der Waals surface area (Å²) in [6.45, 7) is 2.62. The van der Waals surface area contributed by atoms with Crippen LogP contribution < -0.4 is 5.73 Å². The highest BCUT2D eigenvalue weighted by molar-refractivity contribution is 5.80. The molecule has 12 heavy (non-hydrogen) atoms. The Morgan fingerprint density at radius 2 is 2.25 bits per heavy atom. The first-order valence-electron chi connectivity index (χ1n) is 4.62. The molecule has 0 heterocycles. The minimum atomic E-state index is -0.352. The Hall–Kier alpha value is -0.570. The molecule has 0 aromatic heterocycles. The zero-order chi connectivity index (χ0) is 9.14. The fourth-order valence-corrected chi connectivity index (χ4v) is 1.50. The molecule has 1 atom stereocenters. The highest BCUT2D eigenvalue weighted by atomic mass is 16.2. The van der Waals surface area contributed by atoms with E-state index in [0.29, 0.717) is 0 Å². The molecule has 0 unspecified atom stereocenters. The van der Waals surface area contributed by atoms with Crippen molar-refractivity contribution in [2.75, 3.05) is 13.6 Å². The maximum atomic E-state index is 11.3. The Morgan fingerprint density at radius 1 is 1.67 bits per heavy atom. The van der Waals surface area contributed by atoms with Gasteiger partial charge in [0.2, 0.25) is 5.91 Å². The van der Waals surface area contributed by atoms with Gasteiger partial charge in [0.1, 0.15) is 0 Å². The van der Waals surface area contributed by atoms with E-state index in [2.05, 4.69) is 0 Å². The van der Waals surface area contributed by atoms with Crippen molar-refractivity contribution in [1.29, 1.82) is 0 Å².